The first-order chi connectivity index (χ1) is 7.66. The van der Waals surface area contributed by atoms with Crippen molar-refractivity contribution in [2.75, 3.05) is 5.75 Å². The Morgan fingerprint density at radius 1 is 1.50 bits per heavy atom. The molecule has 16 heavy (non-hydrogen) atoms. The minimum Gasteiger partial charge on any atom is -0.512 e. The fourth-order valence-electron chi connectivity index (χ4n) is 1.28. The second-order valence-corrected chi connectivity index (χ2v) is 4.21. The molecule has 2 N–H and O–H groups in total. The first kappa shape index (κ1) is 10.8. The number of thioether (sulfide) groups is 1. The molecule has 0 saturated heterocycles. The molecule has 0 bridgehead atoms. The van der Waals surface area contributed by atoms with Crippen molar-refractivity contribution in [3.05, 3.63) is 47.0 Å². The van der Waals surface area contributed by atoms with Crippen molar-refractivity contribution in [2.45, 2.75) is 5.16 Å². The van der Waals surface area contributed by atoms with Crippen molar-refractivity contribution < 1.29 is 5.11 Å². The summed E-state index contributed by atoms with van der Waals surface area (Å²) < 4.78 is 0. The third-order valence-corrected chi connectivity index (χ3v) is 2.91. The van der Waals surface area contributed by atoms with Crippen molar-refractivity contribution >= 4 is 22.7 Å². The number of benzene rings is 1. The summed E-state index contributed by atoms with van der Waals surface area (Å²) in [5, 5.41) is 10.0. The van der Waals surface area contributed by atoms with Crippen LogP contribution in [-0.4, -0.2) is 20.8 Å². The van der Waals surface area contributed by atoms with E-state index in [1.165, 1.54) is 11.8 Å². The molecule has 0 aliphatic heterocycles. The lowest BCUT2D eigenvalue weighted by molar-refractivity contribution is 0.420. The molecule has 2 aromatic rings. The van der Waals surface area contributed by atoms with E-state index in [9.17, 15) is 4.79 Å². The van der Waals surface area contributed by atoms with Crippen LogP contribution < -0.4 is 5.56 Å². The van der Waals surface area contributed by atoms with Gasteiger partial charge in [0.15, 0.2) is 5.16 Å². The van der Waals surface area contributed by atoms with Crippen molar-refractivity contribution in [3.63, 3.8) is 0 Å². The van der Waals surface area contributed by atoms with Gasteiger partial charge in [0.1, 0.15) is 0 Å². The Hall–Kier alpha value is -1.75. The number of H-pyrrole nitrogens is 1. The van der Waals surface area contributed by atoms with E-state index in [2.05, 4.69) is 16.5 Å². The highest BCUT2D eigenvalue weighted by Gasteiger charge is 2.03. The number of rotatable bonds is 3. The Morgan fingerprint density at radius 2 is 2.25 bits per heavy atom. The average Bonchev–Trinajstić information content (AvgIpc) is 2.26. The highest BCUT2D eigenvalue weighted by molar-refractivity contribution is 7.99. The van der Waals surface area contributed by atoms with E-state index in [1.54, 1.807) is 18.2 Å². The number of aliphatic hydroxyl groups excluding tert-OH is 1. The zero-order valence-electron chi connectivity index (χ0n) is 8.43. The third-order valence-electron chi connectivity index (χ3n) is 1.97. The van der Waals surface area contributed by atoms with E-state index in [-0.39, 0.29) is 11.3 Å². The Bertz CT molecular complexity index is 592. The Morgan fingerprint density at radius 3 is 3.00 bits per heavy atom. The van der Waals surface area contributed by atoms with Gasteiger partial charge in [0.05, 0.1) is 22.4 Å². The van der Waals surface area contributed by atoms with Gasteiger partial charge in [0, 0.05) is 0 Å². The maximum absolute atomic E-state index is 11.7. The fraction of sp³-hybridized carbons (Fsp3) is 0.0909. The standard InChI is InChI=1S/C11H10N2O2S/c1-7(14)6-16-11-12-9-5-3-2-4-8(9)10(15)13-11/h2-5,14H,1,6H2,(H,12,13,15). The molecule has 4 nitrogen and oxygen atoms in total. The molecule has 1 heterocycles. The molecular formula is C11H10N2O2S. The average molecular weight is 234 g/mol. The van der Waals surface area contributed by atoms with Crippen LogP contribution in [0.2, 0.25) is 0 Å². The smallest absolute Gasteiger partial charge is 0.259 e. The van der Waals surface area contributed by atoms with Gasteiger partial charge >= 0.3 is 0 Å². The maximum Gasteiger partial charge on any atom is 0.259 e. The maximum atomic E-state index is 11.7. The van der Waals surface area contributed by atoms with Crippen LogP contribution in [0.25, 0.3) is 10.9 Å². The summed E-state index contributed by atoms with van der Waals surface area (Å²) in [5.74, 6) is 0.377. The van der Waals surface area contributed by atoms with Gasteiger partial charge in [-0.1, -0.05) is 30.5 Å². The number of hydrogen-bond donors (Lipinski definition) is 2. The van der Waals surface area contributed by atoms with Gasteiger partial charge in [-0.15, -0.1) is 0 Å². The van der Waals surface area contributed by atoms with Crippen molar-refractivity contribution in [2.24, 2.45) is 0 Å². The lowest BCUT2D eigenvalue weighted by Crippen LogP contribution is -2.09. The van der Waals surface area contributed by atoms with Gasteiger partial charge < -0.3 is 10.1 Å². The van der Waals surface area contributed by atoms with E-state index in [0.29, 0.717) is 21.8 Å². The second kappa shape index (κ2) is 4.40. The first-order valence-electron chi connectivity index (χ1n) is 4.65. The van der Waals surface area contributed by atoms with Gasteiger partial charge in [-0.3, -0.25) is 4.79 Å². The molecule has 0 fully saturated rings. The lowest BCUT2D eigenvalue weighted by atomic mass is 10.2. The van der Waals surface area contributed by atoms with Crippen molar-refractivity contribution in [1.29, 1.82) is 0 Å². The number of hydrogen-bond acceptors (Lipinski definition) is 4. The molecule has 82 valence electrons. The van der Waals surface area contributed by atoms with Crippen LogP contribution in [0, 0.1) is 0 Å². The van der Waals surface area contributed by atoms with Crippen LogP contribution in [0.3, 0.4) is 0 Å². The van der Waals surface area contributed by atoms with E-state index < -0.39 is 0 Å². The van der Waals surface area contributed by atoms with Crippen LogP contribution >= 0.6 is 11.8 Å². The van der Waals surface area contributed by atoms with Crippen molar-refractivity contribution in [1.82, 2.24) is 9.97 Å². The monoisotopic (exact) mass is 234 g/mol. The first-order valence-corrected chi connectivity index (χ1v) is 5.64. The largest absolute Gasteiger partial charge is 0.512 e. The predicted octanol–water partition coefficient (Wildman–Crippen LogP) is 2.09. The van der Waals surface area contributed by atoms with Crippen LogP contribution in [0.4, 0.5) is 0 Å². The topological polar surface area (TPSA) is 66.0 Å². The molecule has 0 aliphatic carbocycles. The zero-order valence-corrected chi connectivity index (χ0v) is 9.25. The molecule has 0 unspecified atom stereocenters. The number of nitrogens with zero attached hydrogens (tertiary/aromatic N) is 1. The Labute approximate surface area is 96.0 Å². The third kappa shape index (κ3) is 2.25. The fourth-order valence-corrected chi connectivity index (χ4v) is 1.92. The predicted molar refractivity (Wildman–Crippen MR) is 64.9 cm³/mol. The van der Waals surface area contributed by atoms with Gasteiger partial charge in [0.25, 0.3) is 5.56 Å². The van der Waals surface area contributed by atoms with Crippen LogP contribution in [0.5, 0.6) is 0 Å². The SMILES string of the molecule is C=C(O)CSc1nc2ccccc2c(=O)[nH]1. The molecular weight excluding hydrogens is 224 g/mol. The van der Waals surface area contributed by atoms with E-state index in [4.69, 9.17) is 5.11 Å². The molecule has 0 saturated carbocycles. The minimum absolute atomic E-state index is 0.0563. The normalized spacial score (nSPS) is 10.5. The summed E-state index contributed by atoms with van der Waals surface area (Å²) >= 11 is 1.24. The van der Waals surface area contributed by atoms with Crippen LogP contribution in [-0.2, 0) is 0 Å². The van der Waals surface area contributed by atoms with Crippen LogP contribution in [0.1, 0.15) is 0 Å². The molecule has 5 heteroatoms. The highest BCUT2D eigenvalue weighted by Crippen LogP contribution is 2.15. The van der Waals surface area contributed by atoms with Gasteiger partial charge in [0.2, 0.25) is 0 Å². The van der Waals surface area contributed by atoms with Gasteiger partial charge in [-0.25, -0.2) is 4.98 Å². The summed E-state index contributed by atoms with van der Waals surface area (Å²) in [6.07, 6.45) is 0. The Balaban J connectivity index is 2.42. The summed E-state index contributed by atoms with van der Waals surface area (Å²) in [6.45, 7) is 3.37. The molecule has 1 aromatic carbocycles. The summed E-state index contributed by atoms with van der Waals surface area (Å²) in [5.41, 5.74) is 0.481. The Kier molecular flexibility index (Phi) is 2.96. The number of para-hydroxylation sites is 1. The number of aliphatic hydroxyl groups is 1. The van der Waals surface area contributed by atoms with E-state index >= 15 is 0 Å². The molecule has 0 atom stereocenters. The molecule has 0 spiro atoms. The summed E-state index contributed by atoms with van der Waals surface area (Å²) in [7, 11) is 0. The van der Waals surface area contributed by atoms with Gasteiger partial charge in [-0.05, 0) is 12.1 Å². The quantitative estimate of drug-likeness (QED) is 0.485. The van der Waals surface area contributed by atoms with Crippen LogP contribution in [0.15, 0.2) is 46.6 Å². The summed E-state index contributed by atoms with van der Waals surface area (Å²) in [4.78, 5) is 18.6. The minimum atomic E-state index is -0.170. The van der Waals surface area contributed by atoms with Gasteiger partial charge in [-0.2, -0.15) is 0 Å². The zero-order chi connectivity index (χ0) is 11.5. The van der Waals surface area contributed by atoms with E-state index in [0.717, 1.165) is 0 Å². The second-order valence-electron chi connectivity index (χ2n) is 3.24. The highest BCUT2D eigenvalue weighted by atomic mass is 32.2. The lowest BCUT2D eigenvalue weighted by Gasteiger charge is -2.01. The molecule has 0 aliphatic rings. The molecule has 0 amide bonds. The number of aromatic amines is 1. The number of nitrogens with one attached hydrogen (secondary N) is 1. The number of aromatic nitrogens is 2. The molecule has 0 radical (unpaired) electrons. The van der Waals surface area contributed by atoms with E-state index in [1.807, 2.05) is 6.07 Å². The summed E-state index contributed by atoms with van der Waals surface area (Å²) in [6, 6.07) is 7.12. The van der Waals surface area contributed by atoms with Crippen molar-refractivity contribution in [3.8, 4) is 0 Å². The molecule has 1 aromatic heterocycles. The molecule has 2 rings (SSSR count). The number of fused-ring (bicyclic) bond motifs is 1.